The lowest BCUT2D eigenvalue weighted by atomic mass is 9.97. The number of imide groups is 1. The van der Waals surface area contributed by atoms with Crippen LogP contribution in [0.5, 0.6) is 0 Å². The number of rotatable bonds is 10. The Morgan fingerprint density at radius 1 is 1.18 bits per heavy atom. The van der Waals surface area contributed by atoms with Crippen molar-refractivity contribution in [2.24, 2.45) is 0 Å². The zero-order chi connectivity index (χ0) is 26.9. The van der Waals surface area contributed by atoms with Gasteiger partial charge in [0.15, 0.2) is 0 Å². The molecule has 2 aromatic rings. The standard InChI is InChI=1S/C29H32FN5O3/c1-2-34(21-7-5-20(6-8-21)29(18-31)11-12-29)14-4-3-13-32-24-16-22-19(15-23(24)30)17-35(28(22)38)25-9-10-26(36)33-27(25)37/h5-8,15-16,25,32H,2-4,9-14,17H2,1H3,(H,33,36,37). The molecule has 38 heavy (non-hydrogen) atoms. The highest BCUT2D eigenvalue weighted by Crippen LogP contribution is 2.47. The van der Waals surface area contributed by atoms with Crippen LogP contribution in [0.3, 0.4) is 0 Å². The van der Waals surface area contributed by atoms with E-state index < -0.39 is 17.8 Å². The number of carbonyl (C=O) groups is 3. The second-order valence-electron chi connectivity index (χ2n) is 10.3. The van der Waals surface area contributed by atoms with Gasteiger partial charge in [0.25, 0.3) is 5.91 Å². The summed E-state index contributed by atoms with van der Waals surface area (Å²) in [5.41, 5.74) is 3.16. The molecule has 2 aliphatic heterocycles. The van der Waals surface area contributed by atoms with Crippen molar-refractivity contribution in [2.45, 2.75) is 63.5 Å². The molecule has 2 N–H and O–H groups in total. The summed E-state index contributed by atoms with van der Waals surface area (Å²) in [6, 6.07) is 12.9. The van der Waals surface area contributed by atoms with Gasteiger partial charge in [-0.2, -0.15) is 5.26 Å². The van der Waals surface area contributed by atoms with Crippen LogP contribution in [0.25, 0.3) is 0 Å². The van der Waals surface area contributed by atoms with Gasteiger partial charge in [-0.25, -0.2) is 4.39 Å². The van der Waals surface area contributed by atoms with E-state index >= 15 is 0 Å². The Kier molecular flexibility index (Phi) is 7.06. The molecule has 1 unspecified atom stereocenters. The number of unbranched alkanes of at least 4 members (excludes halogenated alkanes) is 1. The van der Waals surface area contributed by atoms with Crippen molar-refractivity contribution in [3.63, 3.8) is 0 Å². The predicted molar refractivity (Wildman–Crippen MR) is 141 cm³/mol. The molecule has 1 saturated heterocycles. The van der Waals surface area contributed by atoms with Crippen LogP contribution in [-0.4, -0.2) is 48.3 Å². The predicted octanol–water partition coefficient (Wildman–Crippen LogP) is 3.86. The summed E-state index contributed by atoms with van der Waals surface area (Å²) in [4.78, 5) is 40.4. The Balaban J connectivity index is 1.13. The summed E-state index contributed by atoms with van der Waals surface area (Å²) < 4.78 is 14.8. The molecule has 3 aliphatic rings. The number of anilines is 2. The number of nitriles is 1. The van der Waals surface area contributed by atoms with E-state index in [1.54, 1.807) is 0 Å². The summed E-state index contributed by atoms with van der Waals surface area (Å²) in [5.74, 6) is -1.56. The smallest absolute Gasteiger partial charge is 0.255 e. The topological polar surface area (TPSA) is 106 Å². The van der Waals surface area contributed by atoms with Crippen LogP contribution in [-0.2, 0) is 21.5 Å². The third-order valence-electron chi connectivity index (χ3n) is 7.91. The van der Waals surface area contributed by atoms with Crippen LogP contribution in [0, 0.1) is 17.1 Å². The maximum atomic E-state index is 14.8. The number of hydrogen-bond donors (Lipinski definition) is 2. The lowest BCUT2D eigenvalue weighted by Crippen LogP contribution is -2.52. The number of halogens is 1. The van der Waals surface area contributed by atoms with Crippen molar-refractivity contribution in [2.75, 3.05) is 29.9 Å². The highest BCUT2D eigenvalue weighted by atomic mass is 19.1. The molecule has 1 atom stereocenters. The van der Waals surface area contributed by atoms with Crippen molar-refractivity contribution in [3.8, 4) is 6.07 Å². The minimum absolute atomic E-state index is 0.156. The van der Waals surface area contributed by atoms with Gasteiger partial charge in [-0.3, -0.25) is 19.7 Å². The first-order valence-electron chi connectivity index (χ1n) is 13.3. The maximum absolute atomic E-state index is 14.8. The molecule has 8 nitrogen and oxygen atoms in total. The SMILES string of the molecule is CCN(CCCCNc1cc2c(cc1F)CN(C1CCC(=O)NC1=O)C2=O)c1ccc(C2(C#N)CC2)cc1. The molecule has 1 aliphatic carbocycles. The van der Waals surface area contributed by atoms with Crippen molar-refractivity contribution < 1.29 is 18.8 Å². The van der Waals surface area contributed by atoms with Gasteiger partial charge in [0.05, 0.1) is 17.2 Å². The van der Waals surface area contributed by atoms with Crippen LogP contribution < -0.4 is 15.5 Å². The minimum Gasteiger partial charge on any atom is -0.383 e. The zero-order valence-electron chi connectivity index (χ0n) is 21.6. The molecule has 1 saturated carbocycles. The molecule has 0 aromatic heterocycles. The molecule has 3 amide bonds. The first-order chi connectivity index (χ1) is 18.3. The van der Waals surface area contributed by atoms with Gasteiger partial charge in [-0.05, 0) is 74.4 Å². The van der Waals surface area contributed by atoms with Crippen LogP contribution in [0.4, 0.5) is 15.8 Å². The third kappa shape index (κ3) is 4.95. The zero-order valence-corrected chi connectivity index (χ0v) is 21.6. The van der Waals surface area contributed by atoms with E-state index in [4.69, 9.17) is 0 Å². The largest absolute Gasteiger partial charge is 0.383 e. The Morgan fingerprint density at radius 3 is 2.61 bits per heavy atom. The number of fused-ring (bicyclic) bond motifs is 1. The second kappa shape index (κ2) is 10.4. The Labute approximate surface area is 221 Å². The summed E-state index contributed by atoms with van der Waals surface area (Å²) in [6.07, 6.45) is 4.05. The van der Waals surface area contributed by atoms with Crippen LogP contribution >= 0.6 is 0 Å². The number of nitrogens with one attached hydrogen (secondary N) is 2. The molecule has 5 rings (SSSR count). The number of benzene rings is 2. The average Bonchev–Trinajstić information content (AvgIpc) is 3.66. The molecule has 2 fully saturated rings. The van der Waals surface area contributed by atoms with Gasteiger partial charge in [0.1, 0.15) is 11.9 Å². The lowest BCUT2D eigenvalue weighted by molar-refractivity contribution is -0.136. The second-order valence-corrected chi connectivity index (χ2v) is 10.3. The van der Waals surface area contributed by atoms with E-state index in [0.717, 1.165) is 50.0 Å². The van der Waals surface area contributed by atoms with Gasteiger partial charge >= 0.3 is 0 Å². The van der Waals surface area contributed by atoms with Gasteiger partial charge < -0.3 is 15.1 Å². The molecule has 9 heteroatoms. The first-order valence-corrected chi connectivity index (χ1v) is 13.3. The average molecular weight is 518 g/mol. The van der Waals surface area contributed by atoms with E-state index in [9.17, 15) is 24.0 Å². The fraction of sp³-hybridized carbons (Fsp3) is 0.448. The fourth-order valence-corrected chi connectivity index (χ4v) is 5.42. The molecule has 2 heterocycles. The van der Waals surface area contributed by atoms with Crippen LogP contribution in [0.15, 0.2) is 36.4 Å². The Bertz CT molecular complexity index is 1300. The van der Waals surface area contributed by atoms with Crippen LogP contribution in [0.2, 0.25) is 0 Å². The number of carbonyl (C=O) groups excluding carboxylic acids is 3. The van der Waals surface area contributed by atoms with E-state index in [2.05, 4.69) is 52.8 Å². The van der Waals surface area contributed by atoms with Crippen LogP contribution in [0.1, 0.15) is 66.9 Å². The number of piperidine rings is 1. The van der Waals surface area contributed by atoms with Crippen molar-refractivity contribution in [1.29, 1.82) is 5.26 Å². The van der Waals surface area contributed by atoms with Gasteiger partial charge in [-0.15, -0.1) is 0 Å². The summed E-state index contributed by atoms with van der Waals surface area (Å²) in [7, 11) is 0. The Morgan fingerprint density at radius 2 is 1.95 bits per heavy atom. The highest BCUT2D eigenvalue weighted by Gasteiger charge is 2.44. The first kappa shape index (κ1) is 25.7. The van der Waals surface area contributed by atoms with E-state index in [0.29, 0.717) is 17.7 Å². The molecule has 0 bridgehead atoms. The van der Waals surface area contributed by atoms with Crippen molar-refractivity contribution in [1.82, 2.24) is 10.2 Å². The number of nitrogens with zero attached hydrogens (tertiary/aromatic N) is 3. The summed E-state index contributed by atoms with van der Waals surface area (Å²) in [5, 5.41) is 14.8. The van der Waals surface area contributed by atoms with E-state index in [-0.39, 0.29) is 42.3 Å². The molecule has 2 aromatic carbocycles. The minimum atomic E-state index is -0.717. The normalized spacial score (nSPS) is 19.6. The molecule has 0 spiro atoms. The van der Waals surface area contributed by atoms with Gasteiger partial charge in [0.2, 0.25) is 11.8 Å². The summed E-state index contributed by atoms with van der Waals surface area (Å²) in [6.45, 7) is 4.54. The monoisotopic (exact) mass is 517 g/mol. The quantitative estimate of drug-likeness (QED) is 0.366. The maximum Gasteiger partial charge on any atom is 0.255 e. The molecular formula is C29H32FN5O3. The molecule has 0 radical (unpaired) electrons. The molecular weight excluding hydrogens is 485 g/mol. The summed E-state index contributed by atoms with van der Waals surface area (Å²) >= 11 is 0. The molecule has 198 valence electrons. The van der Waals surface area contributed by atoms with Gasteiger partial charge in [0, 0.05) is 43.9 Å². The number of amides is 3. The Hall–Kier alpha value is -3.93. The lowest BCUT2D eigenvalue weighted by Gasteiger charge is -2.29. The van der Waals surface area contributed by atoms with Crippen molar-refractivity contribution >= 4 is 29.1 Å². The fourth-order valence-electron chi connectivity index (χ4n) is 5.42. The van der Waals surface area contributed by atoms with E-state index in [1.807, 2.05) is 0 Å². The van der Waals surface area contributed by atoms with Crippen molar-refractivity contribution in [3.05, 3.63) is 58.9 Å². The van der Waals surface area contributed by atoms with Gasteiger partial charge in [-0.1, -0.05) is 12.1 Å². The van der Waals surface area contributed by atoms with E-state index in [1.165, 1.54) is 17.0 Å². The number of hydrogen-bond acceptors (Lipinski definition) is 6. The highest BCUT2D eigenvalue weighted by molar-refractivity contribution is 6.05. The third-order valence-corrected chi connectivity index (χ3v) is 7.91.